The smallest absolute Gasteiger partial charge is 0.257 e. The third-order valence-electron chi connectivity index (χ3n) is 4.12. The molecule has 0 saturated carbocycles. The molecule has 0 spiro atoms. The van der Waals surface area contributed by atoms with Crippen LogP contribution in [0.3, 0.4) is 0 Å². The van der Waals surface area contributed by atoms with Gasteiger partial charge in [0.2, 0.25) is 10.0 Å². The van der Waals surface area contributed by atoms with E-state index in [0.717, 1.165) is 34.6 Å². The Morgan fingerprint density at radius 1 is 0.885 bits per heavy atom. The second kappa shape index (κ2) is 7.08. The van der Waals surface area contributed by atoms with Crippen molar-refractivity contribution in [2.24, 2.45) is 0 Å². The van der Waals surface area contributed by atoms with Crippen LogP contribution in [0.25, 0.3) is 0 Å². The molecular weight excluding hydrogens is 369 g/mol. The molecular formula is C17H15F3N2O3S. The SMILES string of the molecule is O=C(c1cc(F)ccc1F)N1CCN(S(=O)(=O)c2cccc(F)c2)CC1. The Kier molecular flexibility index (Phi) is 5.01. The quantitative estimate of drug-likeness (QED) is 0.816. The van der Waals surface area contributed by atoms with Gasteiger partial charge < -0.3 is 4.90 Å². The van der Waals surface area contributed by atoms with Crippen LogP contribution >= 0.6 is 0 Å². The first-order valence-electron chi connectivity index (χ1n) is 7.79. The van der Waals surface area contributed by atoms with E-state index in [2.05, 4.69) is 0 Å². The molecule has 1 heterocycles. The average molecular weight is 384 g/mol. The minimum Gasteiger partial charge on any atom is -0.336 e. The number of rotatable bonds is 3. The Balaban J connectivity index is 1.73. The maximum absolute atomic E-state index is 13.7. The molecule has 0 unspecified atom stereocenters. The lowest BCUT2D eigenvalue weighted by Gasteiger charge is -2.34. The number of hydrogen-bond donors (Lipinski definition) is 0. The highest BCUT2D eigenvalue weighted by Crippen LogP contribution is 2.20. The van der Waals surface area contributed by atoms with E-state index < -0.39 is 38.9 Å². The van der Waals surface area contributed by atoms with Crippen LogP contribution < -0.4 is 0 Å². The van der Waals surface area contributed by atoms with Crippen LogP contribution in [-0.4, -0.2) is 49.7 Å². The van der Waals surface area contributed by atoms with Gasteiger partial charge in [-0.3, -0.25) is 4.79 Å². The van der Waals surface area contributed by atoms with E-state index in [4.69, 9.17) is 0 Å². The van der Waals surface area contributed by atoms with Gasteiger partial charge in [-0.2, -0.15) is 4.31 Å². The van der Waals surface area contributed by atoms with Crippen LogP contribution in [0.1, 0.15) is 10.4 Å². The zero-order chi connectivity index (χ0) is 18.9. The van der Waals surface area contributed by atoms with E-state index in [0.29, 0.717) is 0 Å². The van der Waals surface area contributed by atoms with Crippen LogP contribution in [0.15, 0.2) is 47.4 Å². The van der Waals surface area contributed by atoms with Gasteiger partial charge in [-0.1, -0.05) is 6.07 Å². The molecule has 9 heteroatoms. The normalized spacial score (nSPS) is 15.9. The summed E-state index contributed by atoms with van der Waals surface area (Å²) in [7, 11) is -3.89. The molecule has 2 aromatic rings. The summed E-state index contributed by atoms with van der Waals surface area (Å²) < 4.78 is 66.5. The molecule has 5 nitrogen and oxygen atoms in total. The van der Waals surface area contributed by atoms with Crippen molar-refractivity contribution in [1.29, 1.82) is 0 Å². The summed E-state index contributed by atoms with van der Waals surface area (Å²) in [4.78, 5) is 13.4. The lowest BCUT2D eigenvalue weighted by atomic mass is 10.1. The maximum atomic E-state index is 13.7. The first-order valence-corrected chi connectivity index (χ1v) is 9.23. The summed E-state index contributed by atoms with van der Waals surface area (Å²) >= 11 is 0. The summed E-state index contributed by atoms with van der Waals surface area (Å²) in [6.45, 7) is -0.0181. The van der Waals surface area contributed by atoms with Crippen molar-refractivity contribution in [3.8, 4) is 0 Å². The van der Waals surface area contributed by atoms with Crippen LogP contribution in [0.5, 0.6) is 0 Å². The van der Waals surface area contributed by atoms with E-state index in [1.54, 1.807) is 0 Å². The summed E-state index contributed by atoms with van der Waals surface area (Å²) in [5.41, 5.74) is -0.397. The largest absolute Gasteiger partial charge is 0.336 e. The molecule has 0 aromatic heterocycles. The van der Waals surface area contributed by atoms with Gasteiger partial charge in [-0.15, -0.1) is 0 Å². The standard InChI is InChI=1S/C17H15F3N2O3S/c18-12-2-1-3-14(10-12)26(24,25)22-8-6-21(7-9-22)17(23)15-11-13(19)4-5-16(15)20/h1-5,10-11H,6-9H2. The van der Waals surface area contributed by atoms with Crippen LogP contribution in [0.4, 0.5) is 13.2 Å². The van der Waals surface area contributed by atoms with Crippen molar-refractivity contribution >= 4 is 15.9 Å². The molecule has 0 aliphatic carbocycles. The van der Waals surface area contributed by atoms with Crippen LogP contribution in [0.2, 0.25) is 0 Å². The molecule has 0 atom stereocenters. The fourth-order valence-electron chi connectivity index (χ4n) is 2.74. The molecule has 1 aliphatic heterocycles. The lowest BCUT2D eigenvalue weighted by molar-refractivity contribution is 0.0692. The minimum atomic E-state index is -3.89. The van der Waals surface area contributed by atoms with Crippen molar-refractivity contribution in [2.75, 3.05) is 26.2 Å². The minimum absolute atomic E-state index is 0.0172. The van der Waals surface area contributed by atoms with Crippen molar-refractivity contribution in [3.05, 3.63) is 65.5 Å². The number of halogens is 3. The molecule has 2 aromatic carbocycles. The molecule has 1 amide bonds. The molecule has 26 heavy (non-hydrogen) atoms. The zero-order valence-corrected chi connectivity index (χ0v) is 14.3. The number of sulfonamides is 1. The van der Waals surface area contributed by atoms with Crippen molar-refractivity contribution in [3.63, 3.8) is 0 Å². The summed E-state index contributed by atoms with van der Waals surface area (Å²) in [5, 5.41) is 0. The Labute approximate surface area is 148 Å². The first-order chi connectivity index (χ1) is 12.3. The van der Waals surface area contributed by atoms with Gasteiger partial charge in [0.1, 0.15) is 17.5 Å². The van der Waals surface area contributed by atoms with Crippen molar-refractivity contribution in [1.82, 2.24) is 9.21 Å². The number of piperazine rings is 1. The number of hydrogen-bond acceptors (Lipinski definition) is 3. The molecule has 0 bridgehead atoms. The molecule has 1 saturated heterocycles. The van der Waals surface area contributed by atoms with E-state index in [1.165, 1.54) is 17.0 Å². The summed E-state index contributed by atoms with van der Waals surface area (Å²) in [6, 6.07) is 7.25. The Bertz CT molecular complexity index is 942. The molecule has 0 radical (unpaired) electrons. The highest BCUT2D eigenvalue weighted by atomic mass is 32.2. The van der Waals surface area contributed by atoms with Gasteiger partial charge in [0, 0.05) is 26.2 Å². The first kappa shape index (κ1) is 18.4. The van der Waals surface area contributed by atoms with Gasteiger partial charge in [-0.25, -0.2) is 21.6 Å². The highest BCUT2D eigenvalue weighted by molar-refractivity contribution is 7.89. The second-order valence-corrected chi connectivity index (χ2v) is 7.72. The Hall–Kier alpha value is -2.39. The average Bonchev–Trinajstić information content (AvgIpc) is 2.63. The van der Waals surface area contributed by atoms with Crippen LogP contribution in [0, 0.1) is 17.5 Å². The number of nitrogens with zero attached hydrogens (tertiary/aromatic N) is 2. The highest BCUT2D eigenvalue weighted by Gasteiger charge is 2.31. The van der Waals surface area contributed by atoms with E-state index in [9.17, 15) is 26.4 Å². The predicted molar refractivity (Wildman–Crippen MR) is 87.4 cm³/mol. The molecule has 0 N–H and O–H groups in total. The van der Waals surface area contributed by atoms with E-state index in [-0.39, 0.29) is 31.1 Å². The number of carbonyl (C=O) groups is 1. The number of benzene rings is 2. The summed E-state index contributed by atoms with van der Waals surface area (Å²) in [5.74, 6) is -2.94. The lowest BCUT2D eigenvalue weighted by Crippen LogP contribution is -2.50. The van der Waals surface area contributed by atoms with E-state index in [1.807, 2.05) is 0 Å². The zero-order valence-electron chi connectivity index (χ0n) is 13.5. The van der Waals surface area contributed by atoms with Crippen molar-refractivity contribution in [2.45, 2.75) is 4.90 Å². The van der Waals surface area contributed by atoms with Gasteiger partial charge in [0.05, 0.1) is 10.5 Å². The Morgan fingerprint density at radius 3 is 2.19 bits per heavy atom. The monoisotopic (exact) mass is 384 g/mol. The van der Waals surface area contributed by atoms with Gasteiger partial charge >= 0.3 is 0 Å². The molecule has 1 fully saturated rings. The van der Waals surface area contributed by atoms with Crippen molar-refractivity contribution < 1.29 is 26.4 Å². The van der Waals surface area contributed by atoms with Gasteiger partial charge in [-0.05, 0) is 36.4 Å². The topological polar surface area (TPSA) is 57.7 Å². The van der Waals surface area contributed by atoms with Gasteiger partial charge in [0.15, 0.2) is 0 Å². The fourth-order valence-corrected chi connectivity index (χ4v) is 4.19. The predicted octanol–water partition coefficient (Wildman–Crippen LogP) is 2.25. The number of amides is 1. The number of carbonyl (C=O) groups excluding carboxylic acids is 1. The third-order valence-corrected chi connectivity index (χ3v) is 6.01. The third kappa shape index (κ3) is 3.58. The second-order valence-electron chi connectivity index (χ2n) is 5.78. The fraction of sp³-hybridized carbons (Fsp3) is 0.235. The molecule has 138 valence electrons. The summed E-state index contributed by atoms with van der Waals surface area (Å²) in [6.07, 6.45) is 0. The van der Waals surface area contributed by atoms with Gasteiger partial charge in [0.25, 0.3) is 5.91 Å². The van der Waals surface area contributed by atoms with E-state index >= 15 is 0 Å². The molecule has 1 aliphatic rings. The van der Waals surface area contributed by atoms with Crippen LogP contribution in [-0.2, 0) is 10.0 Å². The molecule has 3 rings (SSSR count). The maximum Gasteiger partial charge on any atom is 0.257 e. The Morgan fingerprint density at radius 2 is 1.54 bits per heavy atom.